The van der Waals surface area contributed by atoms with Crippen molar-refractivity contribution >= 4 is 33.0 Å². The smallest absolute Gasteiger partial charge is 0.406 e. The van der Waals surface area contributed by atoms with Gasteiger partial charge in [-0.25, -0.2) is 12.8 Å². The zero-order valence-electron chi connectivity index (χ0n) is 23.3. The number of anilines is 2. The number of nitrogens with one attached hydrogen (secondary N) is 2. The molecule has 2 atom stereocenters. The average molecular weight is 595 g/mol. The predicted molar refractivity (Wildman–Crippen MR) is 153 cm³/mol. The standard InChI is InChI=1S/C29H34F4N4O3S/c1-28(2,3)36-14-12-24(22(30)17-36)35-23-8-5-9-26-21(23)15-19(37(26)18-29(31,32)33)7-6-13-34-25-11-10-20(41(38)39)16-27(25)40-4/h5,8-11,15-16,22,24,34-35,41H,12-14,17-18H2,1-4H3/t22-,24+/m0/s1. The maximum atomic E-state index is 15.2. The van der Waals surface area contributed by atoms with Crippen LogP contribution in [0.15, 0.2) is 47.4 Å². The molecule has 2 aromatic carbocycles. The van der Waals surface area contributed by atoms with E-state index in [1.807, 2.05) is 20.8 Å². The van der Waals surface area contributed by atoms with Gasteiger partial charge >= 0.3 is 6.18 Å². The first-order valence-corrected chi connectivity index (χ1v) is 14.3. The maximum absolute atomic E-state index is 15.2. The Morgan fingerprint density at radius 1 is 1.10 bits per heavy atom. The van der Waals surface area contributed by atoms with Gasteiger partial charge in [0.2, 0.25) is 0 Å². The molecule has 0 amide bonds. The number of likely N-dealkylation sites (tertiary alicyclic amines) is 1. The third-order valence-corrected chi connectivity index (χ3v) is 7.79. The third kappa shape index (κ3) is 7.45. The van der Waals surface area contributed by atoms with E-state index in [0.717, 1.165) is 4.57 Å². The molecule has 7 nitrogen and oxygen atoms in total. The Labute approximate surface area is 238 Å². The lowest BCUT2D eigenvalue weighted by molar-refractivity contribution is -0.140. The molecule has 0 unspecified atom stereocenters. The summed E-state index contributed by atoms with van der Waals surface area (Å²) < 4.78 is 84.6. The fourth-order valence-electron chi connectivity index (χ4n) is 4.95. The van der Waals surface area contributed by atoms with Crippen molar-refractivity contribution in [3.05, 3.63) is 48.2 Å². The van der Waals surface area contributed by atoms with Crippen LogP contribution < -0.4 is 15.4 Å². The Bertz CT molecular complexity index is 1530. The molecule has 2 N–H and O–H groups in total. The van der Waals surface area contributed by atoms with Gasteiger partial charge in [-0.2, -0.15) is 13.2 Å². The van der Waals surface area contributed by atoms with Gasteiger partial charge in [-0.1, -0.05) is 12.0 Å². The molecular formula is C29H34F4N4O3S. The molecule has 12 heteroatoms. The van der Waals surface area contributed by atoms with Crippen molar-refractivity contribution in [2.75, 3.05) is 37.4 Å². The molecule has 2 heterocycles. The van der Waals surface area contributed by atoms with Gasteiger partial charge in [0.25, 0.3) is 0 Å². The second-order valence-electron chi connectivity index (χ2n) is 10.9. The normalized spacial score (nSPS) is 18.3. The molecule has 0 radical (unpaired) electrons. The van der Waals surface area contributed by atoms with E-state index in [9.17, 15) is 21.6 Å². The number of aromatic nitrogens is 1. The zero-order chi connectivity index (χ0) is 29.9. The number of hydrogen-bond acceptors (Lipinski definition) is 6. The van der Waals surface area contributed by atoms with Gasteiger partial charge in [-0.15, -0.1) is 0 Å². The maximum Gasteiger partial charge on any atom is 0.406 e. The molecule has 41 heavy (non-hydrogen) atoms. The van der Waals surface area contributed by atoms with Gasteiger partial charge in [0.05, 0.1) is 41.5 Å². The first kappa shape index (κ1) is 30.5. The first-order chi connectivity index (χ1) is 19.3. The Kier molecular flexibility index (Phi) is 9.09. The lowest BCUT2D eigenvalue weighted by Crippen LogP contribution is -2.54. The Hall–Kier alpha value is -3.43. The quantitative estimate of drug-likeness (QED) is 0.197. The van der Waals surface area contributed by atoms with Crippen LogP contribution in [0.5, 0.6) is 5.75 Å². The van der Waals surface area contributed by atoms with Crippen LogP contribution >= 0.6 is 0 Å². The van der Waals surface area contributed by atoms with Crippen LogP contribution in [0.25, 0.3) is 10.9 Å². The topological polar surface area (TPSA) is 75.6 Å². The van der Waals surface area contributed by atoms with E-state index in [2.05, 4.69) is 27.4 Å². The SMILES string of the molecule is COc1cc([SH](=O)=O)ccc1NCC#Cc1cc2c(N[C@@H]3CCN(C(C)(C)C)C[C@@H]3F)cccc2n1CC(F)(F)F. The van der Waals surface area contributed by atoms with Crippen LogP contribution in [0, 0.1) is 11.8 Å². The minimum atomic E-state index is -4.48. The number of methoxy groups -OCH3 is 1. The van der Waals surface area contributed by atoms with Crippen LogP contribution in [0.3, 0.4) is 0 Å². The monoisotopic (exact) mass is 594 g/mol. The zero-order valence-corrected chi connectivity index (χ0v) is 24.2. The van der Waals surface area contributed by atoms with Crippen LogP contribution in [-0.4, -0.2) is 68.6 Å². The van der Waals surface area contributed by atoms with Gasteiger partial charge in [0.15, 0.2) is 10.7 Å². The van der Waals surface area contributed by atoms with Crippen molar-refractivity contribution < 1.29 is 30.7 Å². The van der Waals surface area contributed by atoms with Gasteiger partial charge in [-0.3, -0.25) is 4.90 Å². The average Bonchev–Trinajstić information content (AvgIpc) is 3.23. The van der Waals surface area contributed by atoms with Crippen molar-refractivity contribution in [3.63, 3.8) is 0 Å². The number of nitrogens with zero attached hydrogens (tertiary/aromatic N) is 2. The summed E-state index contributed by atoms with van der Waals surface area (Å²) in [6.45, 7) is 5.95. The van der Waals surface area contributed by atoms with E-state index >= 15 is 4.39 Å². The summed E-state index contributed by atoms with van der Waals surface area (Å²) in [6, 6.07) is 10.4. The fraction of sp³-hybridized carbons (Fsp3) is 0.448. The highest BCUT2D eigenvalue weighted by Gasteiger charge is 2.34. The molecule has 222 valence electrons. The van der Waals surface area contributed by atoms with Gasteiger partial charge in [0.1, 0.15) is 18.5 Å². The van der Waals surface area contributed by atoms with E-state index in [0.29, 0.717) is 41.0 Å². The highest BCUT2D eigenvalue weighted by Crippen LogP contribution is 2.32. The van der Waals surface area contributed by atoms with Crippen molar-refractivity contribution in [1.82, 2.24) is 9.47 Å². The van der Waals surface area contributed by atoms with Crippen LogP contribution in [0.1, 0.15) is 32.9 Å². The highest BCUT2D eigenvalue weighted by atomic mass is 32.2. The number of halogens is 4. The van der Waals surface area contributed by atoms with Gasteiger partial charge < -0.3 is 19.9 Å². The summed E-state index contributed by atoms with van der Waals surface area (Å²) in [4.78, 5) is 2.18. The predicted octanol–water partition coefficient (Wildman–Crippen LogP) is 5.27. The number of piperidine rings is 1. The number of hydrogen-bond donors (Lipinski definition) is 3. The number of alkyl halides is 4. The van der Waals surface area contributed by atoms with Crippen molar-refractivity contribution in [3.8, 4) is 17.6 Å². The molecule has 1 aliphatic rings. The Morgan fingerprint density at radius 2 is 1.85 bits per heavy atom. The Morgan fingerprint density at radius 3 is 2.49 bits per heavy atom. The van der Waals surface area contributed by atoms with Crippen LogP contribution in [0.2, 0.25) is 0 Å². The van der Waals surface area contributed by atoms with Crippen molar-refractivity contribution in [2.24, 2.45) is 0 Å². The van der Waals surface area contributed by atoms with E-state index in [1.165, 1.54) is 25.3 Å². The van der Waals surface area contributed by atoms with E-state index in [-0.39, 0.29) is 29.2 Å². The van der Waals surface area contributed by atoms with E-state index in [4.69, 9.17) is 4.74 Å². The molecule has 0 aliphatic carbocycles. The number of benzene rings is 2. The molecule has 4 rings (SSSR count). The van der Waals surface area contributed by atoms with E-state index in [1.54, 1.807) is 24.3 Å². The first-order valence-electron chi connectivity index (χ1n) is 13.2. The van der Waals surface area contributed by atoms with Crippen molar-refractivity contribution in [1.29, 1.82) is 0 Å². The van der Waals surface area contributed by atoms with Crippen molar-refractivity contribution in [2.45, 2.75) is 62.6 Å². The number of fused-ring (bicyclic) bond motifs is 1. The molecule has 0 saturated carbocycles. The molecule has 1 aliphatic heterocycles. The molecular weight excluding hydrogens is 560 g/mol. The molecule has 1 fully saturated rings. The molecule has 1 aromatic heterocycles. The highest BCUT2D eigenvalue weighted by molar-refractivity contribution is 7.72. The number of rotatable bonds is 7. The van der Waals surface area contributed by atoms with Crippen LogP contribution in [0.4, 0.5) is 28.9 Å². The van der Waals surface area contributed by atoms with E-state index < -0.39 is 35.6 Å². The Balaban J connectivity index is 1.59. The third-order valence-electron chi connectivity index (χ3n) is 7.09. The number of thiol groups is 1. The summed E-state index contributed by atoms with van der Waals surface area (Å²) >= 11 is 0. The second kappa shape index (κ2) is 12.2. The molecule has 3 aromatic rings. The summed E-state index contributed by atoms with van der Waals surface area (Å²) in [7, 11) is -1.38. The summed E-state index contributed by atoms with van der Waals surface area (Å²) in [5, 5.41) is 6.78. The lowest BCUT2D eigenvalue weighted by Gasteiger charge is -2.42. The fourth-order valence-corrected chi connectivity index (χ4v) is 5.37. The molecule has 1 saturated heterocycles. The van der Waals surface area contributed by atoms with Gasteiger partial charge in [0, 0.05) is 35.8 Å². The molecule has 0 spiro atoms. The number of ether oxygens (including phenoxy) is 1. The molecule has 0 bridgehead atoms. The summed E-state index contributed by atoms with van der Waals surface area (Å²) in [5.41, 5.74) is 1.40. The van der Waals surface area contributed by atoms with Crippen LogP contribution in [-0.2, 0) is 17.2 Å². The summed E-state index contributed by atoms with van der Waals surface area (Å²) in [5.74, 6) is 5.97. The summed E-state index contributed by atoms with van der Waals surface area (Å²) in [6.07, 6.45) is -5.06. The minimum absolute atomic E-state index is 0.0632. The minimum Gasteiger partial charge on any atom is -0.495 e. The van der Waals surface area contributed by atoms with Gasteiger partial charge in [-0.05, 0) is 63.4 Å². The second-order valence-corrected chi connectivity index (χ2v) is 12.0. The largest absolute Gasteiger partial charge is 0.495 e. The lowest BCUT2D eigenvalue weighted by atomic mass is 9.96.